The Balaban J connectivity index is 1.16. The average molecular weight is 620 g/mol. The predicted octanol–water partition coefficient (Wildman–Crippen LogP) is 5.12. The fourth-order valence-electron chi connectivity index (χ4n) is 6.25. The Morgan fingerprint density at radius 3 is 2.47 bits per heavy atom. The van der Waals surface area contributed by atoms with Gasteiger partial charge in [-0.25, -0.2) is 0 Å². The fourth-order valence-corrected chi connectivity index (χ4v) is 8.00. The number of aryl methyl sites for hydroxylation is 1. The van der Waals surface area contributed by atoms with Crippen molar-refractivity contribution < 1.29 is 4.74 Å². The molecule has 43 heavy (non-hydrogen) atoms. The molecule has 0 bridgehead atoms. The number of rotatable bonds is 9. The molecule has 0 saturated carbocycles. The lowest BCUT2D eigenvalue weighted by Gasteiger charge is -2.43. The highest BCUT2D eigenvalue weighted by Crippen LogP contribution is 2.38. The molecular weight excluding hydrogens is 577 g/mol. The molecule has 0 atom stereocenters. The molecule has 0 radical (unpaired) electrons. The number of hydrogen-bond acceptors (Lipinski definition) is 11. The average Bonchev–Trinajstić information content (AvgIpc) is 3.47. The molecule has 2 aliphatic heterocycles. The van der Waals surface area contributed by atoms with Crippen molar-refractivity contribution in [3.63, 3.8) is 0 Å². The van der Waals surface area contributed by atoms with Crippen LogP contribution in [0.5, 0.6) is 5.75 Å². The molecule has 2 N–H and O–H groups in total. The predicted molar refractivity (Wildman–Crippen MR) is 181 cm³/mol. The number of nitrogens with one attached hydrogen (secondary N) is 2. The summed E-state index contributed by atoms with van der Waals surface area (Å²) in [6.45, 7) is 13.6. The standard InChI is InChI=1S/C31H42N9OPS/c1-6-21-19-25(27(41-3)20-26(21)40-13-9-22(10-14-40)39-17-15-38(2)16-18-39)34-30-36-31(43-37-30)35-24-8-7-23-28(29(24)42(4)5)33-12-11-32-23/h7-8,11-12,19-20,22H,6,9-10,13-18H2,1-5H3,(H2,34,35,36,37). The summed E-state index contributed by atoms with van der Waals surface area (Å²) in [5.74, 6) is 1.35. The first kappa shape index (κ1) is 29.9. The molecule has 4 aromatic rings. The molecule has 2 saturated heterocycles. The van der Waals surface area contributed by atoms with Crippen molar-refractivity contribution in [3.05, 3.63) is 42.2 Å². The number of likely N-dealkylation sites (N-methyl/N-ethyl adjacent to an activating group) is 1. The maximum atomic E-state index is 5.88. The number of aromatic nitrogens is 4. The van der Waals surface area contributed by atoms with E-state index in [-0.39, 0.29) is 0 Å². The minimum absolute atomic E-state index is 0.423. The number of fused-ring (bicyclic) bond motifs is 1. The van der Waals surface area contributed by atoms with E-state index in [1.54, 1.807) is 19.5 Å². The molecule has 0 unspecified atom stereocenters. The van der Waals surface area contributed by atoms with Crippen LogP contribution in [0.4, 0.5) is 28.1 Å². The second-order valence-electron chi connectivity index (χ2n) is 11.5. The van der Waals surface area contributed by atoms with Crippen molar-refractivity contribution in [1.29, 1.82) is 0 Å². The topological polar surface area (TPSA) is 94.6 Å². The van der Waals surface area contributed by atoms with Crippen LogP contribution in [0.2, 0.25) is 0 Å². The Morgan fingerprint density at radius 2 is 1.74 bits per heavy atom. The lowest BCUT2D eigenvalue weighted by atomic mass is 9.99. The van der Waals surface area contributed by atoms with Crippen molar-refractivity contribution >= 4 is 63.9 Å². The quantitative estimate of drug-likeness (QED) is 0.246. The summed E-state index contributed by atoms with van der Waals surface area (Å²) in [4.78, 5) is 21.5. The van der Waals surface area contributed by atoms with Gasteiger partial charge in [0.05, 0.1) is 29.5 Å². The lowest BCUT2D eigenvalue weighted by Crippen LogP contribution is -2.52. The highest BCUT2D eigenvalue weighted by Gasteiger charge is 2.28. The zero-order chi connectivity index (χ0) is 29.9. The van der Waals surface area contributed by atoms with Crippen LogP contribution < -0.4 is 25.6 Å². The number of nitrogens with zero attached hydrogens (tertiary/aromatic N) is 7. The first-order valence-corrected chi connectivity index (χ1v) is 18.1. The van der Waals surface area contributed by atoms with Crippen molar-refractivity contribution in [2.24, 2.45) is 0 Å². The summed E-state index contributed by atoms with van der Waals surface area (Å²) < 4.78 is 10.5. The molecule has 4 heterocycles. The lowest BCUT2D eigenvalue weighted by molar-refractivity contribution is 0.0982. The molecule has 12 heteroatoms. The van der Waals surface area contributed by atoms with Gasteiger partial charge in [0.15, 0.2) is 0 Å². The first-order valence-electron chi connectivity index (χ1n) is 15.1. The van der Waals surface area contributed by atoms with Crippen LogP contribution in [-0.2, 0) is 6.42 Å². The van der Waals surface area contributed by atoms with Crippen molar-refractivity contribution in [3.8, 4) is 5.75 Å². The SMILES string of the molecule is CCc1cc(Nc2nsc(Nc3ccc4nccnc4c3P(C)C)n2)c(OC)cc1N1CCC(N2CCN(C)CC2)CC1. The molecule has 2 aliphatic rings. The van der Waals surface area contributed by atoms with Crippen molar-refractivity contribution in [2.75, 3.05) is 82.3 Å². The highest BCUT2D eigenvalue weighted by atomic mass is 32.1. The number of methoxy groups -OCH3 is 1. The smallest absolute Gasteiger partial charge is 0.241 e. The zero-order valence-corrected chi connectivity index (χ0v) is 27.5. The van der Waals surface area contributed by atoms with E-state index in [4.69, 9.17) is 9.72 Å². The van der Waals surface area contributed by atoms with Gasteiger partial charge in [0.1, 0.15) is 5.75 Å². The Labute approximate surface area is 259 Å². The number of hydrogen-bond donors (Lipinski definition) is 2. The third-order valence-electron chi connectivity index (χ3n) is 8.62. The van der Waals surface area contributed by atoms with E-state index in [1.165, 1.54) is 67.1 Å². The van der Waals surface area contributed by atoms with Crippen molar-refractivity contribution in [1.82, 2.24) is 29.1 Å². The van der Waals surface area contributed by atoms with E-state index in [0.717, 1.165) is 52.8 Å². The van der Waals surface area contributed by atoms with Crippen LogP contribution in [0.3, 0.4) is 0 Å². The third-order valence-corrected chi connectivity index (χ3v) is 10.6. The van der Waals surface area contributed by atoms with Crippen LogP contribution in [0.1, 0.15) is 25.3 Å². The van der Waals surface area contributed by atoms with Gasteiger partial charge in [-0.3, -0.25) is 14.9 Å². The Hall–Kier alpha value is -3.11. The van der Waals surface area contributed by atoms with Gasteiger partial charge in [-0.1, -0.05) is 14.8 Å². The van der Waals surface area contributed by atoms with Crippen LogP contribution in [0, 0.1) is 0 Å². The Kier molecular flexibility index (Phi) is 9.23. The van der Waals surface area contributed by atoms with Gasteiger partial charge in [0.2, 0.25) is 11.1 Å². The molecule has 2 fully saturated rings. The molecule has 0 spiro atoms. The maximum absolute atomic E-state index is 5.88. The molecule has 2 aromatic heterocycles. The third kappa shape index (κ3) is 6.55. The monoisotopic (exact) mass is 619 g/mol. The fraction of sp³-hybridized carbons (Fsp3) is 0.484. The Bertz CT molecular complexity index is 1550. The number of ether oxygens (including phenoxy) is 1. The van der Waals surface area contributed by atoms with Gasteiger partial charge in [0, 0.05) is 86.3 Å². The summed E-state index contributed by atoms with van der Waals surface area (Å²) in [6.07, 6.45) is 6.83. The number of anilines is 5. The van der Waals surface area contributed by atoms with Gasteiger partial charge in [-0.2, -0.15) is 9.36 Å². The maximum Gasteiger partial charge on any atom is 0.241 e. The highest BCUT2D eigenvalue weighted by molar-refractivity contribution is 7.65. The van der Waals surface area contributed by atoms with Crippen LogP contribution in [-0.4, -0.2) is 102 Å². The largest absolute Gasteiger partial charge is 0.494 e. The number of benzene rings is 2. The molecule has 228 valence electrons. The van der Waals surface area contributed by atoms with Gasteiger partial charge in [0.25, 0.3) is 0 Å². The molecule has 0 aliphatic carbocycles. The van der Waals surface area contributed by atoms with Crippen LogP contribution >= 0.6 is 19.5 Å². The molecule has 6 rings (SSSR count). The van der Waals surface area contributed by atoms with E-state index in [1.807, 2.05) is 6.07 Å². The van der Waals surface area contributed by atoms with Crippen LogP contribution in [0.25, 0.3) is 11.0 Å². The summed E-state index contributed by atoms with van der Waals surface area (Å²) >= 11 is 1.33. The van der Waals surface area contributed by atoms with E-state index in [2.05, 4.69) is 85.2 Å². The normalized spacial score (nSPS) is 17.1. The van der Waals surface area contributed by atoms with E-state index in [9.17, 15) is 0 Å². The van der Waals surface area contributed by atoms with E-state index < -0.39 is 7.92 Å². The van der Waals surface area contributed by atoms with E-state index in [0.29, 0.717) is 12.0 Å². The van der Waals surface area contributed by atoms with Crippen LogP contribution in [0.15, 0.2) is 36.7 Å². The minimum atomic E-state index is -0.423. The number of piperidine rings is 1. The van der Waals surface area contributed by atoms with Gasteiger partial charge < -0.3 is 25.2 Å². The summed E-state index contributed by atoms with van der Waals surface area (Å²) in [6, 6.07) is 9.15. The second kappa shape index (κ2) is 13.3. The summed E-state index contributed by atoms with van der Waals surface area (Å²) in [5.41, 5.74) is 6.30. The molecule has 10 nitrogen and oxygen atoms in total. The minimum Gasteiger partial charge on any atom is -0.494 e. The Morgan fingerprint density at radius 1 is 0.977 bits per heavy atom. The summed E-state index contributed by atoms with van der Waals surface area (Å²) in [7, 11) is 3.53. The van der Waals surface area contributed by atoms with Gasteiger partial charge >= 0.3 is 0 Å². The summed E-state index contributed by atoms with van der Waals surface area (Å²) in [5, 5.41) is 8.83. The molecular formula is C31H42N9OPS. The van der Waals surface area contributed by atoms with E-state index >= 15 is 0 Å². The van der Waals surface area contributed by atoms with Gasteiger partial charge in [-0.15, -0.1) is 0 Å². The molecule has 2 aromatic carbocycles. The zero-order valence-electron chi connectivity index (χ0n) is 25.8. The molecule has 0 amide bonds. The van der Waals surface area contributed by atoms with Crippen molar-refractivity contribution in [2.45, 2.75) is 32.2 Å². The number of piperazine rings is 1. The first-order chi connectivity index (χ1) is 20.9. The van der Waals surface area contributed by atoms with Gasteiger partial charge in [-0.05, 0) is 63.4 Å². The second-order valence-corrected chi connectivity index (χ2v) is 14.5.